The maximum Gasteiger partial charge on any atom is 0.352 e. The molecule has 0 aliphatic carbocycles. The molecule has 0 unspecified atom stereocenters. The fraction of sp³-hybridized carbons (Fsp3) is 0.0476. The topological polar surface area (TPSA) is 75.1 Å². The molecule has 4 rings (SSSR count). The van der Waals surface area contributed by atoms with Gasteiger partial charge in [-0.1, -0.05) is 42.5 Å². The highest BCUT2D eigenvalue weighted by Gasteiger charge is 2.13. The van der Waals surface area contributed by atoms with Crippen LogP contribution in [0.5, 0.6) is 11.5 Å². The van der Waals surface area contributed by atoms with Crippen LogP contribution in [0.4, 0.5) is 5.69 Å². The highest BCUT2D eigenvalue weighted by Crippen LogP contribution is 2.27. The summed E-state index contributed by atoms with van der Waals surface area (Å²) in [7, 11) is 0. The molecule has 0 saturated carbocycles. The van der Waals surface area contributed by atoms with Gasteiger partial charge in [-0.25, -0.2) is 4.79 Å². The van der Waals surface area contributed by atoms with Crippen molar-refractivity contribution < 1.29 is 4.74 Å². The first-order chi connectivity index (χ1) is 13.6. The molecule has 0 amide bonds. The first kappa shape index (κ1) is 17.9. The summed E-state index contributed by atoms with van der Waals surface area (Å²) in [6, 6.07) is 23.8. The van der Waals surface area contributed by atoms with Crippen molar-refractivity contribution in [2.45, 2.75) is 6.54 Å². The molecule has 2 N–H and O–H groups in total. The molecular formula is C21H17ClN4O2. The van der Waals surface area contributed by atoms with Crippen molar-refractivity contribution in [1.82, 2.24) is 14.3 Å². The molecule has 4 aromatic rings. The number of hydrogen-bond donors (Lipinski definition) is 1. The van der Waals surface area contributed by atoms with Gasteiger partial charge in [0, 0.05) is 0 Å². The highest BCUT2D eigenvalue weighted by molar-refractivity contribution is 6.28. The van der Waals surface area contributed by atoms with E-state index in [4.69, 9.17) is 22.1 Å². The summed E-state index contributed by atoms with van der Waals surface area (Å²) in [4.78, 5) is 12.7. The van der Waals surface area contributed by atoms with Crippen molar-refractivity contribution in [3.63, 3.8) is 0 Å². The van der Waals surface area contributed by atoms with Gasteiger partial charge in [0.25, 0.3) is 0 Å². The van der Waals surface area contributed by atoms with Gasteiger partial charge >= 0.3 is 5.69 Å². The first-order valence-electron chi connectivity index (χ1n) is 8.64. The lowest BCUT2D eigenvalue weighted by molar-refractivity contribution is 0.485. The van der Waals surface area contributed by atoms with Crippen LogP contribution in [0.1, 0.15) is 5.56 Å². The first-order valence-corrected chi connectivity index (χ1v) is 9.02. The van der Waals surface area contributed by atoms with Crippen LogP contribution in [0.15, 0.2) is 83.7 Å². The minimum atomic E-state index is -0.310. The number of hydrogen-bond acceptors (Lipinski definition) is 4. The van der Waals surface area contributed by atoms with E-state index in [0.717, 1.165) is 5.56 Å². The number of nitrogens with zero attached hydrogens (tertiary/aromatic N) is 3. The van der Waals surface area contributed by atoms with Gasteiger partial charge in [0.05, 0.1) is 17.9 Å². The third kappa shape index (κ3) is 3.63. The molecule has 0 aliphatic heterocycles. The number of aromatic nitrogens is 3. The van der Waals surface area contributed by atoms with Crippen LogP contribution in [0.25, 0.3) is 5.69 Å². The van der Waals surface area contributed by atoms with E-state index in [9.17, 15) is 4.79 Å². The van der Waals surface area contributed by atoms with Crippen LogP contribution in [-0.2, 0) is 6.54 Å². The van der Waals surface area contributed by atoms with Gasteiger partial charge in [0.2, 0.25) is 5.28 Å². The predicted molar refractivity (Wildman–Crippen MR) is 109 cm³/mol. The third-order valence-corrected chi connectivity index (χ3v) is 4.51. The van der Waals surface area contributed by atoms with Crippen molar-refractivity contribution in [3.05, 3.63) is 100 Å². The predicted octanol–water partition coefficient (Wildman–Crippen LogP) is 4.11. The Bertz CT molecular complexity index is 1150. The summed E-state index contributed by atoms with van der Waals surface area (Å²) in [5, 5.41) is 4.31. The number of para-hydroxylation sites is 2. The Hall–Kier alpha value is -3.51. The lowest BCUT2D eigenvalue weighted by Crippen LogP contribution is -2.24. The quantitative estimate of drug-likeness (QED) is 0.518. The molecule has 0 spiro atoms. The van der Waals surface area contributed by atoms with E-state index in [1.165, 1.54) is 9.25 Å². The zero-order chi connectivity index (χ0) is 19.5. The average molecular weight is 393 g/mol. The molecule has 0 atom stereocenters. The number of rotatable bonds is 5. The summed E-state index contributed by atoms with van der Waals surface area (Å²) in [5.41, 5.74) is 7.69. The Kier molecular flexibility index (Phi) is 4.87. The van der Waals surface area contributed by atoms with Gasteiger partial charge in [-0.05, 0) is 53.6 Å². The second-order valence-electron chi connectivity index (χ2n) is 6.17. The molecule has 1 aromatic heterocycles. The number of nitrogen functional groups attached to an aromatic ring is 1. The van der Waals surface area contributed by atoms with E-state index >= 15 is 0 Å². The molecule has 0 saturated heterocycles. The Morgan fingerprint density at radius 1 is 0.929 bits per heavy atom. The second kappa shape index (κ2) is 7.62. The molecule has 0 bridgehead atoms. The largest absolute Gasteiger partial charge is 0.455 e. The Balaban J connectivity index is 1.59. The summed E-state index contributed by atoms with van der Waals surface area (Å²) in [5.74, 6) is 1.17. The standard InChI is InChI=1S/C21H17ClN4O2/c22-20-24-26(21(27)25(20)14-15-6-2-1-3-7-15)16-10-12-17(13-11-16)28-19-9-5-4-8-18(19)23/h1-13H,14,23H2. The van der Waals surface area contributed by atoms with Gasteiger partial charge in [-0.3, -0.25) is 4.57 Å². The maximum absolute atomic E-state index is 12.7. The molecular weight excluding hydrogens is 376 g/mol. The Morgan fingerprint density at radius 2 is 1.61 bits per heavy atom. The number of anilines is 1. The molecule has 7 heteroatoms. The van der Waals surface area contributed by atoms with E-state index in [1.54, 1.807) is 36.4 Å². The Morgan fingerprint density at radius 3 is 2.32 bits per heavy atom. The van der Waals surface area contributed by atoms with E-state index < -0.39 is 0 Å². The molecule has 1 heterocycles. The number of ether oxygens (including phenoxy) is 1. The van der Waals surface area contributed by atoms with E-state index in [2.05, 4.69) is 5.10 Å². The minimum Gasteiger partial charge on any atom is -0.455 e. The van der Waals surface area contributed by atoms with Crippen LogP contribution in [-0.4, -0.2) is 14.3 Å². The van der Waals surface area contributed by atoms with Crippen molar-refractivity contribution in [3.8, 4) is 17.2 Å². The van der Waals surface area contributed by atoms with E-state index in [0.29, 0.717) is 29.4 Å². The van der Waals surface area contributed by atoms with Crippen molar-refractivity contribution in [2.75, 3.05) is 5.73 Å². The van der Waals surface area contributed by atoms with Gasteiger partial charge in [-0.15, -0.1) is 5.10 Å². The number of nitrogens with two attached hydrogens (primary N) is 1. The monoisotopic (exact) mass is 392 g/mol. The minimum absolute atomic E-state index is 0.131. The van der Waals surface area contributed by atoms with Crippen LogP contribution >= 0.6 is 11.6 Å². The molecule has 0 fully saturated rings. The fourth-order valence-electron chi connectivity index (χ4n) is 2.80. The van der Waals surface area contributed by atoms with Crippen molar-refractivity contribution >= 4 is 17.3 Å². The molecule has 0 aliphatic rings. The number of halogens is 1. The van der Waals surface area contributed by atoms with Crippen LogP contribution in [0.3, 0.4) is 0 Å². The van der Waals surface area contributed by atoms with Crippen LogP contribution in [0.2, 0.25) is 5.28 Å². The molecule has 0 radical (unpaired) electrons. The zero-order valence-electron chi connectivity index (χ0n) is 14.8. The molecule has 3 aromatic carbocycles. The Labute approximate surface area is 166 Å². The third-order valence-electron chi connectivity index (χ3n) is 4.23. The van der Waals surface area contributed by atoms with Crippen LogP contribution < -0.4 is 16.2 Å². The van der Waals surface area contributed by atoms with Crippen molar-refractivity contribution in [1.29, 1.82) is 0 Å². The molecule has 6 nitrogen and oxygen atoms in total. The SMILES string of the molecule is Nc1ccccc1Oc1ccc(-n2nc(Cl)n(Cc3ccccc3)c2=O)cc1. The maximum atomic E-state index is 12.7. The molecule has 28 heavy (non-hydrogen) atoms. The average Bonchev–Trinajstić information content (AvgIpc) is 2.99. The summed E-state index contributed by atoms with van der Waals surface area (Å²) >= 11 is 6.20. The van der Waals surface area contributed by atoms with Gasteiger partial charge < -0.3 is 10.5 Å². The van der Waals surface area contributed by atoms with Crippen molar-refractivity contribution in [2.24, 2.45) is 0 Å². The second-order valence-corrected chi connectivity index (χ2v) is 6.51. The van der Waals surface area contributed by atoms with E-state index in [1.807, 2.05) is 42.5 Å². The summed E-state index contributed by atoms with van der Waals surface area (Å²) in [6.07, 6.45) is 0. The van der Waals surface area contributed by atoms with Gasteiger partial charge in [0.1, 0.15) is 11.5 Å². The summed E-state index contributed by atoms with van der Waals surface area (Å²) in [6.45, 7) is 0.354. The van der Waals surface area contributed by atoms with E-state index in [-0.39, 0.29) is 11.0 Å². The smallest absolute Gasteiger partial charge is 0.352 e. The lowest BCUT2D eigenvalue weighted by atomic mass is 10.2. The normalized spacial score (nSPS) is 10.8. The van der Waals surface area contributed by atoms with Gasteiger partial charge in [-0.2, -0.15) is 4.68 Å². The van der Waals surface area contributed by atoms with Gasteiger partial charge in [0.15, 0.2) is 0 Å². The highest BCUT2D eigenvalue weighted by atomic mass is 35.5. The summed E-state index contributed by atoms with van der Waals surface area (Å²) < 4.78 is 8.47. The number of benzene rings is 3. The lowest BCUT2D eigenvalue weighted by Gasteiger charge is -2.08. The van der Waals surface area contributed by atoms with Crippen LogP contribution in [0, 0.1) is 0 Å². The zero-order valence-corrected chi connectivity index (χ0v) is 15.6. The molecule has 140 valence electrons. The fourth-order valence-corrected chi connectivity index (χ4v) is 3.00.